The third-order valence-electron chi connectivity index (χ3n) is 2.45. The average Bonchev–Trinajstić information content (AvgIpc) is 2.29. The van der Waals surface area contributed by atoms with Crippen molar-refractivity contribution < 1.29 is 9.47 Å². The first-order chi connectivity index (χ1) is 7.75. The highest BCUT2D eigenvalue weighted by Crippen LogP contribution is 2.20. The first kappa shape index (κ1) is 12.1. The first-order valence-electron chi connectivity index (χ1n) is 5.30. The molecule has 0 amide bonds. The van der Waals surface area contributed by atoms with Gasteiger partial charge in [0, 0.05) is 12.2 Å². The van der Waals surface area contributed by atoms with Gasteiger partial charge < -0.3 is 9.47 Å². The highest BCUT2D eigenvalue weighted by Gasteiger charge is 2.14. The molecule has 1 aromatic heterocycles. The second kappa shape index (κ2) is 5.82. The predicted molar refractivity (Wildman–Crippen MR) is 62.6 cm³/mol. The van der Waals surface area contributed by atoms with Crippen molar-refractivity contribution in [3.8, 4) is 0 Å². The summed E-state index contributed by atoms with van der Waals surface area (Å²) in [5.41, 5.74) is 0.834. The summed E-state index contributed by atoms with van der Waals surface area (Å²) in [4.78, 5) is 3.95. The number of hydrogen-bond donors (Lipinski definition) is 0. The van der Waals surface area contributed by atoms with E-state index in [-0.39, 0.29) is 6.29 Å². The Hall–Kier alpha value is -0.350. The van der Waals surface area contributed by atoms with Crippen LogP contribution < -0.4 is 0 Å². The lowest BCUT2D eigenvalue weighted by Crippen LogP contribution is -2.22. The zero-order valence-corrected chi connectivity index (χ0v) is 10.3. The maximum atomic E-state index is 5.93. The van der Waals surface area contributed by atoms with Gasteiger partial charge in [-0.15, -0.1) is 0 Å². The van der Waals surface area contributed by atoms with E-state index in [1.54, 1.807) is 6.07 Å². The quantitative estimate of drug-likeness (QED) is 0.782. The van der Waals surface area contributed by atoms with E-state index in [4.69, 9.17) is 32.7 Å². The molecule has 88 valence electrons. The average molecular weight is 262 g/mol. The van der Waals surface area contributed by atoms with E-state index in [1.165, 1.54) is 0 Å². The van der Waals surface area contributed by atoms with Crippen molar-refractivity contribution >= 4 is 23.2 Å². The van der Waals surface area contributed by atoms with E-state index in [1.807, 2.05) is 6.07 Å². The predicted octanol–water partition coefficient (Wildman–Crippen LogP) is 3.43. The van der Waals surface area contributed by atoms with Gasteiger partial charge in [0.2, 0.25) is 0 Å². The summed E-state index contributed by atoms with van der Waals surface area (Å²) >= 11 is 11.6. The fourth-order valence-corrected chi connectivity index (χ4v) is 1.97. The van der Waals surface area contributed by atoms with Crippen molar-refractivity contribution in [3.05, 3.63) is 28.0 Å². The van der Waals surface area contributed by atoms with Gasteiger partial charge in [0.05, 0.1) is 6.61 Å². The SMILES string of the molecule is Clc1ccc(COC2CCCCO2)c(Cl)n1. The second-order valence-electron chi connectivity index (χ2n) is 3.69. The van der Waals surface area contributed by atoms with Gasteiger partial charge in [-0.1, -0.05) is 29.3 Å². The monoisotopic (exact) mass is 261 g/mol. The summed E-state index contributed by atoms with van der Waals surface area (Å²) in [7, 11) is 0. The first-order valence-corrected chi connectivity index (χ1v) is 6.05. The molecule has 0 radical (unpaired) electrons. The molecular formula is C11H13Cl2NO2. The summed E-state index contributed by atoms with van der Waals surface area (Å²) in [6.45, 7) is 1.19. The molecule has 1 fully saturated rings. The van der Waals surface area contributed by atoms with Crippen LogP contribution in [0.15, 0.2) is 12.1 Å². The minimum absolute atomic E-state index is 0.111. The fraction of sp³-hybridized carbons (Fsp3) is 0.545. The summed E-state index contributed by atoms with van der Waals surface area (Å²) < 4.78 is 11.1. The molecule has 0 N–H and O–H groups in total. The lowest BCUT2D eigenvalue weighted by Gasteiger charge is -2.22. The van der Waals surface area contributed by atoms with Crippen LogP contribution in [0.3, 0.4) is 0 Å². The van der Waals surface area contributed by atoms with E-state index >= 15 is 0 Å². The Balaban J connectivity index is 1.88. The van der Waals surface area contributed by atoms with Gasteiger partial charge in [-0.3, -0.25) is 0 Å². The zero-order valence-electron chi connectivity index (χ0n) is 8.79. The summed E-state index contributed by atoms with van der Waals surface area (Å²) in [6.07, 6.45) is 3.10. The van der Waals surface area contributed by atoms with Crippen LogP contribution in [0, 0.1) is 0 Å². The Morgan fingerprint density at radius 1 is 1.38 bits per heavy atom. The van der Waals surface area contributed by atoms with E-state index < -0.39 is 0 Å². The van der Waals surface area contributed by atoms with E-state index in [9.17, 15) is 0 Å². The fourth-order valence-electron chi connectivity index (χ4n) is 1.57. The smallest absolute Gasteiger partial charge is 0.158 e. The minimum Gasteiger partial charge on any atom is -0.353 e. The molecule has 0 aliphatic carbocycles. The van der Waals surface area contributed by atoms with Gasteiger partial charge in [-0.2, -0.15) is 0 Å². The normalized spacial score (nSPS) is 21.0. The number of hydrogen-bond acceptors (Lipinski definition) is 3. The molecule has 5 heteroatoms. The Morgan fingerprint density at radius 3 is 2.94 bits per heavy atom. The maximum Gasteiger partial charge on any atom is 0.158 e. The van der Waals surface area contributed by atoms with Crippen molar-refractivity contribution in [1.82, 2.24) is 4.98 Å². The lowest BCUT2D eigenvalue weighted by atomic mass is 10.2. The zero-order chi connectivity index (χ0) is 11.4. The summed E-state index contributed by atoms with van der Waals surface area (Å²) in [5.74, 6) is 0. The van der Waals surface area contributed by atoms with Crippen LogP contribution in [-0.2, 0) is 16.1 Å². The topological polar surface area (TPSA) is 31.4 Å². The van der Waals surface area contributed by atoms with Crippen LogP contribution in [0.5, 0.6) is 0 Å². The van der Waals surface area contributed by atoms with Gasteiger partial charge >= 0.3 is 0 Å². The highest BCUT2D eigenvalue weighted by atomic mass is 35.5. The van der Waals surface area contributed by atoms with Gasteiger partial charge in [-0.25, -0.2) is 4.98 Å². The molecule has 16 heavy (non-hydrogen) atoms. The molecule has 0 aromatic carbocycles. The molecule has 2 rings (SSSR count). The molecule has 0 saturated carbocycles. The molecule has 1 aliphatic heterocycles. The second-order valence-corrected chi connectivity index (χ2v) is 4.44. The Bertz CT molecular complexity index is 354. The van der Waals surface area contributed by atoms with E-state index in [2.05, 4.69) is 4.98 Å². The van der Waals surface area contributed by atoms with E-state index in [0.717, 1.165) is 31.4 Å². The van der Waals surface area contributed by atoms with Crippen LogP contribution >= 0.6 is 23.2 Å². The Morgan fingerprint density at radius 2 is 2.25 bits per heavy atom. The molecule has 2 heterocycles. The molecular weight excluding hydrogens is 249 g/mol. The summed E-state index contributed by atoms with van der Waals surface area (Å²) in [5, 5.41) is 0.783. The van der Waals surface area contributed by atoms with Crippen LogP contribution in [0.25, 0.3) is 0 Å². The van der Waals surface area contributed by atoms with Gasteiger partial charge in [0.1, 0.15) is 10.3 Å². The third-order valence-corrected chi connectivity index (χ3v) is 2.99. The van der Waals surface area contributed by atoms with Crippen molar-refractivity contribution in [3.63, 3.8) is 0 Å². The van der Waals surface area contributed by atoms with Crippen molar-refractivity contribution in [2.24, 2.45) is 0 Å². The Labute approximate surface area is 105 Å². The van der Waals surface area contributed by atoms with Crippen LogP contribution in [0.1, 0.15) is 24.8 Å². The van der Waals surface area contributed by atoms with Crippen molar-refractivity contribution in [1.29, 1.82) is 0 Å². The number of pyridine rings is 1. The molecule has 1 aromatic rings. The molecule has 1 atom stereocenters. The van der Waals surface area contributed by atoms with Crippen molar-refractivity contribution in [2.45, 2.75) is 32.2 Å². The van der Waals surface area contributed by atoms with Gasteiger partial charge in [-0.05, 0) is 25.3 Å². The van der Waals surface area contributed by atoms with Crippen LogP contribution in [-0.4, -0.2) is 17.9 Å². The van der Waals surface area contributed by atoms with Gasteiger partial charge in [0.25, 0.3) is 0 Å². The number of nitrogens with zero attached hydrogens (tertiary/aromatic N) is 1. The number of aromatic nitrogens is 1. The molecule has 3 nitrogen and oxygen atoms in total. The molecule has 1 unspecified atom stereocenters. The lowest BCUT2D eigenvalue weighted by molar-refractivity contribution is -0.168. The standard InChI is InChI=1S/C11H13Cl2NO2/c12-9-5-4-8(11(13)14-9)7-16-10-3-1-2-6-15-10/h4-5,10H,1-3,6-7H2. The van der Waals surface area contributed by atoms with E-state index in [0.29, 0.717) is 16.9 Å². The molecule has 1 saturated heterocycles. The maximum absolute atomic E-state index is 5.93. The summed E-state index contributed by atoms with van der Waals surface area (Å²) in [6, 6.07) is 3.52. The Kier molecular flexibility index (Phi) is 4.41. The molecule has 0 bridgehead atoms. The third kappa shape index (κ3) is 3.32. The molecule has 1 aliphatic rings. The number of ether oxygens (including phenoxy) is 2. The van der Waals surface area contributed by atoms with Gasteiger partial charge in [0.15, 0.2) is 6.29 Å². The minimum atomic E-state index is -0.111. The number of halogens is 2. The number of rotatable bonds is 3. The van der Waals surface area contributed by atoms with Crippen LogP contribution in [0.2, 0.25) is 10.3 Å². The van der Waals surface area contributed by atoms with Crippen LogP contribution in [0.4, 0.5) is 0 Å². The van der Waals surface area contributed by atoms with Crippen molar-refractivity contribution in [2.75, 3.05) is 6.61 Å². The highest BCUT2D eigenvalue weighted by molar-refractivity contribution is 6.32. The molecule has 0 spiro atoms. The largest absolute Gasteiger partial charge is 0.353 e.